The van der Waals surface area contributed by atoms with E-state index >= 15 is 0 Å². The standard InChI is InChI=1S/C6H6BrF3O2/c1-2-12-3-4(7)5(11)6(8,9)10/h3H,2H2,1H3/b4-3-. The maximum absolute atomic E-state index is 11.7. The van der Waals surface area contributed by atoms with Crippen molar-refractivity contribution in [2.75, 3.05) is 6.61 Å². The van der Waals surface area contributed by atoms with Crippen molar-refractivity contribution in [1.82, 2.24) is 0 Å². The lowest BCUT2D eigenvalue weighted by atomic mass is 10.4. The number of allylic oxidation sites excluding steroid dienone is 1. The molecule has 0 aliphatic carbocycles. The third-order valence-corrected chi connectivity index (χ3v) is 1.37. The van der Waals surface area contributed by atoms with Gasteiger partial charge in [0.2, 0.25) is 0 Å². The largest absolute Gasteiger partial charge is 0.500 e. The molecule has 0 aromatic carbocycles. The Labute approximate surface area is 75.5 Å². The van der Waals surface area contributed by atoms with E-state index in [-0.39, 0.29) is 6.61 Å². The second-order valence-electron chi connectivity index (χ2n) is 1.75. The minimum Gasteiger partial charge on any atom is -0.500 e. The van der Waals surface area contributed by atoms with Gasteiger partial charge in [-0.2, -0.15) is 13.2 Å². The predicted molar refractivity (Wildman–Crippen MR) is 39.7 cm³/mol. The average molecular weight is 247 g/mol. The van der Waals surface area contributed by atoms with Gasteiger partial charge in [0.05, 0.1) is 6.61 Å². The minimum atomic E-state index is -4.85. The van der Waals surface area contributed by atoms with Gasteiger partial charge in [-0.25, -0.2) is 0 Å². The normalized spacial score (nSPS) is 12.9. The van der Waals surface area contributed by atoms with Gasteiger partial charge in [0.1, 0.15) is 10.7 Å². The van der Waals surface area contributed by atoms with E-state index < -0.39 is 16.4 Å². The Bertz CT molecular complexity index is 197. The van der Waals surface area contributed by atoms with E-state index in [1.165, 1.54) is 0 Å². The maximum atomic E-state index is 11.7. The predicted octanol–water partition coefficient (Wildman–Crippen LogP) is 2.39. The summed E-state index contributed by atoms with van der Waals surface area (Å²) in [5, 5.41) is 0. The summed E-state index contributed by atoms with van der Waals surface area (Å²) < 4.78 is 38.8. The van der Waals surface area contributed by atoms with Gasteiger partial charge < -0.3 is 4.74 Å². The molecule has 6 heteroatoms. The topological polar surface area (TPSA) is 26.3 Å². The number of hydrogen-bond acceptors (Lipinski definition) is 2. The van der Waals surface area contributed by atoms with Crippen LogP contribution in [0.1, 0.15) is 6.92 Å². The molecule has 0 amide bonds. The van der Waals surface area contributed by atoms with Gasteiger partial charge in [-0.1, -0.05) is 0 Å². The average Bonchev–Trinajstić information content (AvgIpc) is 1.97. The number of hydrogen-bond donors (Lipinski definition) is 0. The molecule has 0 radical (unpaired) electrons. The molecule has 0 aromatic heterocycles. The van der Waals surface area contributed by atoms with Crippen molar-refractivity contribution in [2.45, 2.75) is 13.1 Å². The van der Waals surface area contributed by atoms with Crippen LogP contribution in [0.4, 0.5) is 13.2 Å². The molecule has 0 fully saturated rings. The highest BCUT2D eigenvalue weighted by Gasteiger charge is 2.40. The first-order valence-corrected chi connectivity index (χ1v) is 3.77. The van der Waals surface area contributed by atoms with Crippen molar-refractivity contribution in [3.05, 3.63) is 10.7 Å². The molecule has 0 heterocycles. The quantitative estimate of drug-likeness (QED) is 0.565. The van der Waals surface area contributed by atoms with Gasteiger partial charge in [-0.15, -0.1) is 0 Å². The highest BCUT2D eigenvalue weighted by Crippen LogP contribution is 2.23. The van der Waals surface area contributed by atoms with Gasteiger partial charge in [0.15, 0.2) is 0 Å². The molecular weight excluding hydrogens is 241 g/mol. The van der Waals surface area contributed by atoms with Crippen molar-refractivity contribution in [2.24, 2.45) is 0 Å². The van der Waals surface area contributed by atoms with Crippen LogP contribution in [0.2, 0.25) is 0 Å². The summed E-state index contributed by atoms with van der Waals surface area (Å²) in [6.45, 7) is 1.80. The fourth-order valence-electron chi connectivity index (χ4n) is 0.345. The van der Waals surface area contributed by atoms with Crippen LogP contribution in [0.3, 0.4) is 0 Å². The number of halogens is 4. The van der Waals surface area contributed by atoms with Crippen LogP contribution >= 0.6 is 15.9 Å². The maximum Gasteiger partial charge on any atom is 0.455 e. The van der Waals surface area contributed by atoms with E-state index in [1.807, 2.05) is 0 Å². The number of alkyl halides is 3. The monoisotopic (exact) mass is 246 g/mol. The van der Waals surface area contributed by atoms with Crippen LogP contribution in [0.25, 0.3) is 0 Å². The zero-order chi connectivity index (χ0) is 9.78. The fourth-order valence-corrected chi connectivity index (χ4v) is 0.702. The van der Waals surface area contributed by atoms with Crippen molar-refractivity contribution in [3.8, 4) is 0 Å². The number of rotatable bonds is 3. The number of Topliss-reactive ketones (excluding diaryl/α,β-unsaturated/α-hetero) is 1. The molecule has 0 unspecified atom stereocenters. The lowest BCUT2D eigenvalue weighted by Crippen LogP contribution is -2.22. The Morgan fingerprint density at radius 3 is 2.42 bits per heavy atom. The molecule has 12 heavy (non-hydrogen) atoms. The van der Waals surface area contributed by atoms with E-state index in [0.717, 1.165) is 6.26 Å². The Balaban J connectivity index is 4.30. The third kappa shape index (κ3) is 3.75. The van der Waals surface area contributed by atoms with Gasteiger partial charge in [0, 0.05) is 0 Å². The number of ketones is 1. The van der Waals surface area contributed by atoms with E-state index in [1.54, 1.807) is 6.92 Å². The molecule has 70 valence electrons. The molecule has 0 bridgehead atoms. The lowest BCUT2D eigenvalue weighted by Gasteiger charge is -2.03. The van der Waals surface area contributed by atoms with Gasteiger partial charge in [-0.3, -0.25) is 4.79 Å². The van der Waals surface area contributed by atoms with Crippen LogP contribution < -0.4 is 0 Å². The number of ether oxygens (including phenoxy) is 1. The Kier molecular flexibility index (Phi) is 4.30. The first-order valence-electron chi connectivity index (χ1n) is 2.98. The zero-order valence-electron chi connectivity index (χ0n) is 6.11. The first-order chi connectivity index (χ1) is 5.39. The van der Waals surface area contributed by atoms with Crippen molar-refractivity contribution < 1.29 is 22.7 Å². The summed E-state index contributed by atoms with van der Waals surface area (Å²) in [4.78, 5) is 10.4. The molecular formula is C6H6BrF3O2. The molecule has 0 saturated carbocycles. The molecule has 0 saturated heterocycles. The second kappa shape index (κ2) is 4.49. The molecule has 0 aliphatic heterocycles. The fraction of sp³-hybridized carbons (Fsp3) is 0.500. The van der Waals surface area contributed by atoms with Gasteiger partial charge in [0.25, 0.3) is 5.78 Å². The summed E-state index contributed by atoms with van der Waals surface area (Å²) in [7, 11) is 0. The Morgan fingerprint density at radius 2 is 2.08 bits per heavy atom. The summed E-state index contributed by atoms with van der Waals surface area (Å²) in [6, 6.07) is 0. The number of carbonyl (C=O) groups is 1. The molecule has 2 nitrogen and oxygen atoms in total. The highest BCUT2D eigenvalue weighted by molar-refractivity contribution is 9.12. The van der Waals surface area contributed by atoms with Crippen LogP contribution in [0, 0.1) is 0 Å². The minimum absolute atomic E-state index is 0.209. The van der Waals surface area contributed by atoms with E-state index in [9.17, 15) is 18.0 Å². The highest BCUT2D eigenvalue weighted by atomic mass is 79.9. The zero-order valence-corrected chi connectivity index (χ0v) is 7.70. The summed E-state index contributed by atoms with van der Waals surface area (Å²) in [6.07, 6.45) is -4.12. The van der Waals surface area contributed by atoms with Crippen LogP contribution in [-0.2, 0) is 9.53 Å². The van der Waals surface area contributed by atoms with Crippen LogP contribution in [0.15, 0.2) is 10.7 Å². The first kappa shape index (κ1) is 11.5. The van der Waals surface area contributed by atoms with E-state index in [4.69, 9.17) is 0 Å². The molecule has 0 aromatic rings. The summed E-state index contributed by atoms with van der Waals surface area (Å²) >= 11 is 2.45. The molecule has 0 rings (SSSR count). The van der Waals surface area contributed by atoms with Crippen molar-refractivity contribution >= 4 is 21.7 Å². The molecule has 0 atom stereocenters. The lowest BCUT2D eigenvalue weighted by molar-refractivity contribution is -0.165. The van der Waals surface area contributed by atoms with Gasteiger partial charge in [-0.05, 0) is 22.9 Å². The van der Waals surface area contributed by atoms with Crippen LogP contribution in [-0.4, -0.2) is 18.6 Å². The SMILES string of the molecule is CCO/C=C(\Br)C(=O)C(F)(F)F. The molecule has 0 spiro atoms. The van der Waals surface area contributed by atoms with E-state index in [0.29, 0.717) is 0 Å². The van der Waals surface area contributed by atoms with E-state index in [2.05, 4.69) is 20.7 Å². The Hall–Kier alpha value is -0.520. The van der Waals surface area contributed by atoms with Gasteiger partial charge >= 0.3 is 6.18 Å². The second-order valence-corrected chi connectivity index (χ2v) is 2.60. The summed E-state index contributed by atoms with van der Waals surface area (Å²) in [5.74, 6) is -1.95. The molecule has 0 N–H and O–H groups in total. The van der Waals surface area contributed by atoms with Crippen molar-refractivity contribution in [1.29, 1.82) is 0 Å². The summed E-state index contributed by atoms with van der Waals surface area (Å²) in [5.41, 5.74) is 0. The third-order valence-electron chi connectivity index (χ3n) is 0.828. The Morgan fingerprint density at radius 1 is 1.58 bits per heavy atom. The molecule has 0 aliphatic rings. The number of carbonyl (C=O) groups excluding carboxylic acids is 1. The smallest absolute Gasteiger partial charge is 0.455 e. The van der Waals surface area contributed by atoms with Crippen molar-refractivity contribution in [3.63, 3.8) is 0 Å². The van der Waals surface area contributed by atoms with Crippen LogP contribution in [0.5, 0.6) is 0 Å².